The highest BCUT2D eigenvalue weighted by Crippen LogP contribution is 2.37. The number of rotatable bonds is 8. The first kappa shape index (κ1) is 25.8. The molecule has 4 aromatic rings. The van der Waals surface area contributed by atoms with Gasteiger partial charge in [0, 0.05) is 24.5 Å². The Bertz CT molecular complexity index is 1350. The van der Waals surface area contributed by atoms with E-state index in [1.165, 1.54) is 0 Å². The molecule has 0 saturated carbocycles. The fraction of sp³-hybridized carbons (Fsp3) is 0.212. The maximum atomic E-state index is 13.0. The van der Waals surface area contributed by atoms with Crippen LogP contribution in [0.25, 0.3) is 0 Å². The smallest absolute Gasteiger partial charge is 0.414 e. The van der Waals surface area contributed by atoms with Crippen molar-refractivity contribution in [1.82, 2.24) is 5.32 Å². The zero-order valence-electron chi connectivity index (χ0n) is 22.1. The molecule has 2 aliphatic rings. The lowest BCUT2D eigenvalue weighted by Crippen LogP contribution is -2.48. The number of nitrogens with one attached hydrogen (secondary N) is 1. The van der Waals surface area contributed by atoms with E-state index in [1.54, 1.807) is 9.80 Å². The average Bonchev–Trinajstić information content (AvgIpc) is 3.40. The molecule has 1 N–H and O–H groups in total. The fourth-order valence-electron chi connectivity index (χ4n) is 5.58. The first-order valence-corrected chi connectivity index (χ1v) is 13.5. The largest absolute Gasteiger partial charge is 0.443 e. The first-order valence-electron chi connectivity index (χ1n) is 13.5. The molecule has 2 fully saturated rings. The maximum absolute atomic E-state index is 13.0. The summed E-state index contributed by atoms with van der Waals surface area (Å²) in [7, 11) is 0. The van der Waals surface area contributed by atoms with Gasteiger partial charge >= 0.3 is 6.09 Å². The normalized spacial score (nSPS) is 17.6. The van der Waals surface area contributed by atoms with Crippen LogP contribution in [0.2, 0.25) is 0 Å². The summed E-state index contributed by atoms with van der Waals surface area (Å²) in [6.07, 6.45) is -0.741. The number of carbonyl (C=O) groups is 2. The summed E-state index contributed by atoms with van der Waals surface area (Å²) in [4.78, 5) is 28.5. The molecule has 0 aromatic heterocycles. The van der Waals surface area contributed by atoms with Crippen molar-refractivity contribution in [2.75, 3.05) is 42.6 Å². The van der Waals surface area contributed by atoms with Crippen LogP contribution in [0.15, 0.2) is 115 Å². The topological polar surface area (TPSA) is 71.1 Å². The van der Waals surface area contributed by atoms with Crippen LogP contribution in [0.5, 0.6) is 0 Å². The number of carbonyl (C=O) groups excluding carboxylic acids is 2. The van der Waals surface area contributed by atoms with E-state index in [0.29, 0.717) is 26.2 Å². The van der Waals surface area contributed by atoms with Crippen LogP contribution in [0, 0.1) is 0 Å². The highest BCUT2D eigenvalue weighted by Gasteiger charge is 2.39. The Labute approximate surface area is 233 Å². The Morgan fingerprint density at radius 3 is 1.70 bits per heavy atom. The van der Waals surface area contributed by atoms with Gasteiger partial charge in [-0.05, 0) is 41.0 Å². The molecule has 0 radical (unpaired) electrons. The molecule has 40 heavy (non-hydrogen) atoms. The standard InChI is InChI=1S/C33H31N3O4/c37-31-24-39-21-20-35(31)28-16-18-29(19-17-28)36-23-30(40-32(36)38)22-34-33(25-10-4-1-5-11-25,26-12-6-2-7-13-26)27-14-8-3-9-15-27/h1-19,30,34H,20-24H2. The molecule has 1 atom stereocenters. The molecule has 0 bridgehead atoms. The lowest BCUT2D eigenvalue weighted by Gasteiger charge is -2.37. The lowest BCUT2D eigenvalue weighted by molar-refractivity contribution is -0.125. The molecule has 7 heteroatoms. The zero-order chi connectivity index (χ0) is 27.4. The highest BCUT2D eigenvalue weighted by atomic mass is 16.6. The van der Waals surface area contributed by atoms with Gasteiger partial charge in [0.15, 0.2) is 0 Å². The molecular weight excluding hydrogens is 502 g/mol. The predicted molar refractivity (Wildman–Crippen MR) is 154 cm³/mol. The fourth-order valence-corrected chi connectivity index (χ4v) is 5.58. The van der Waals surface area contributed by atoms with Crippen LogP contribution in [0.4, 0.5) is 16.2 Å². The predicted octanol–water partition coefficient (Wildman–Crippen LogP) is 4.96. The summed E-state index contributed by atoms with van der Waals surface area (Å²) in [5.74, 6) is -0.0653. The number of cyclic esters (lactones) is 1. The molecular formula is C33H31N3O4. The van der Waals surface area contributed by atoms with Crippen LogP contribution in [-0.4, -0.2) is 51.0 Å². The minimum absolute atomic E-state index is 0.0653. The summed E-state index contributed by atoms with van der Waals surface area (Å²) in [5, 5.41) is 3.81. The van der Waals surface area contributed by atoms with Crippen molar-refractivity contribution < 1.29 is 19.1 Å². The number of amides is 2. The van der Waals surface area contributed by atoms with Gasteiger partial charge in [-0.3, -0.25) is 15.0 Å². The summed E-state index contributed by atoms with van der Waals surface area (Å²) in [5.41, 5.74) is 4.18. The molecule has 0 spiro atoms. The van der Waals surface area contributed by atoms with Crippen molar-refractivity contribution in [2.45, 2.75) is 11.6 Å². The van der Waals surface area contributed by atoms with E-state index in [-0.39, 0.29) is 24.7 Å². The van der Waals surface area contributed by atoms with Crippen LogP contribution in [-0.2, 0) is 19.8 Å². The number of anilines is 2. The Kier molecular flexibility index (Phi) is 7.31. The Balaban J connectivity index is 1.24. The van der Waals surface area contributed by atoms with Crippen molar-refractivity contribution in [1.29, 1.82) is 0 Å². The van der Waals surface area contributed by atoms with Gasteiger partial charge < -0.3 is 14.4 Å². The van der Waals surface area contributed by atoms with E-state index >= 15 is 0 Å². The number of hydrogen-bond donors (Lipinski definition) is 1. The number of ether oxygens (including phenoxy) is 2. The second-order valence-electron chi connectivity index (χ2n) is 9.96. The van der Waals surface area contributed by atoms with E-state index in [4.69, 9.17) is 9.47 Å². The average molecular weight is 534 g/mol. The van der Waals surface area contributed by atoms with Crippen molar-refractivity contribution in [3.05, 3.63) is 132 Å². The SMILES string of the molecule is O=C1COCCN1c1ccc(N2CC(CNC(c3ccccc3)(c3ccccc3)c3ccccc3)OC2=O)cc1. The second kappa shape index (κ2) is 11.3. The van der Waals surface area contributed by atoms with Gasteiger partial charge in [0.2, 0.25) is 0 Å². The first-order chi connectivity index (χ1) is 19.6. The van der Waals surface area contributed by atoms with Crippen LogP contribution in [0.1, 0.15) is 16.7 Å². The van der Waals surface area contributed by atoms with Gasteiger partial charge in [-0.25, -0.2) is 4.79 Å². The maximum Gasteiger partial charge on any atom is 0.414 e. The molecule has 2 heterocycles. The molecule has 2 aliphatic heterocycles. The molecule has 202 valence electrons. The highest BCUT2D eigenvalue weighted by molar-refractivity contribution is 5.95. The van der Waals surface area contributed by atoms with E-state index in [9.17, 15) is 9.59 Å². The van der Waals surface area contributed by atoms with Gasteiger partial charge in [-0.1, -0.05) is 91.0 Å². The van der Waals surface area contributed by atoms with Crippen LogP contribution in [0.3, 0.4) is 0 Å². The summed E-state index contributed by atoms with van der Waals surface area (Å²) in [6.45, 7) is 1.98. The molecule has 0 aliphatic carbocycles. The third-order valence-electron chi connectivity index (χ3n) is 7.55. The Morgan fingerprint density at radius 1 is 0.700 bits per heavy atom. The molecule has 7 nitrogen and oxygen atoms in total. The minimum Gasteiger partial charge on any atom is -0.443 e. The summed E-state index contributed by atoms with van der Waals surface area (Å²) >= 11 is 0. The number of benzene rings is 4. The van der Waals surface area contributed by atoms with Gasteiger partial charge in [0.05, 0.1) is 18.7 Å². The number of nitrogens with zero attached hydrogens (tertiary/aromatic N) is 2. The summed E-state index contributed by atoms with van der Waals surface area (Å²) < 4.78 is 11.1. The minimum atomic E-state index is -0.643. The van der Waals surface area contributed by atoms with E-state index in [0.717, 1.165) is 28.1 Å². The second-order valence-corrected chi connectivity index (χ2v) is 9.96. The third kappa shape index (κ3) is 4.97. The van der Waals surface area contributed by atoms with E-state index in [2.05, 4.69) is 41.7 Å². The van der Waals surface area contributed by atoms with Crippen molar-refractivity contribution >= 4 is 23.4 Å². The molecule has 1 unspecified atom stereocenters. The van der Waals surface area contributed by atoms with Crippen molar-refractivity contribution in [3.8, 4) is 0 Å². The van der Waals surface area contributed by atoms with Gasteiger partial charge in [-0.2, -0.15) is 0 Å². The van der Waals surface area contributed by atoms with Gasteiger partial charge in [0.1, 0.15) is 12.7 Å². The Morgan fingerprint density at radius 2 is 1.20 bits per heavy atom. The van der Waals surface area contributed by atoms with Crippen LogP contribution >= 0.6 is 0 Å². The van der Waals surface area contributed by atoms with Gasteiger partial charge in [0.25, 0.3) is 5.91 Å². The lowest BCUT2D eigenvalue weighted by atomic mass is 9.77. The van der Waals surface area contributed by atoms with Crippen molar-refractivity contribution in [3.63, 3.8) is 0 Å². The van der Waals surface area contributed by atoms with E-state index in [1.807, 2.05) is 78.9 Å². The van der Waals surface area contributed by atoms with Crippen LogP contribution < -0.4 is 15.1 Å². The molecule has 2 saturated heterocycles. The van der Waals surface area contributed by atoms with E-state index < -0.39 is 5.54 Å². The molecule has 4 aromatic carbocycles. The summed E-state index contributed by atoms with van der Waals surface area (Å²) in [6, 6.07) is 38.5. The molecule has 6 rings (SSSR count). The quantitative estimate of drug-likeness (QED) is 0.325. The molecule has 2 amide bonds. The Hall–Kier alpha value is -4.46. The number of hydrogen-bond acceptors (Lipinski definition) is 5. The third-order valence-corrected chi connectivity index (χ3v) is 7.55. The monoisotopic (exact) mass is 533 g/mol. The van der Waals surface area contributed by atoms with Crippen molar-refractivity contribution in [2.24, 2.45) is 0 Å². The number of morpholine rings is 1. The van der Waals surface area contributed by atoms with Gasteiger partial charge in [-0.15, -0.1) is 0 Å². The zero-order valence-corrected chi connectivity index (χ0v) is 22.1.